The molecule has 0 saturated heterocycles. The Labute approximate surface area is 170 Å². The van der Waals surface area contributed by atoms with Crippen molar-refractivity contribution in [1.29, 1.82) is 0 Å². The number of ether oxygens (including phenoxy) is 1. The minimum atomic E-state index is 0. The van der Waals surface area contributed by atoms with Crippen LogP contribution < -0.4 is 15.4 Å². The van der Waals surface area contributed by atoms with E-state index in [9.17, 15) is 0 Å². The molecule has 0 saturated carbocycles. The average molecular weight is 472 g/mol. The number of para-hydroxylation sites is 1. The molecule has 25 heavy (non-hydrogen) atoms. The molecule has 1 aliphatic rings. The van der Waals surface area contributed by atoms with Crippen molar-refractivity contribution in [1.82, 2.24) is 15.6 Å². The van der Waals surface area contributed by atoms with E-state index in [0.717, 1.165) is 48.4 Å². The molecule has 3 rings (SSSR count). The van der Waals surface area contributed by atoms with Crippen molar-refractivity contribution in [2.24, 2.45) is 4.99 Å². The average Bonchev–Trinajstić information content (AvgIpc) is 2.91. The highest BCUT2D eigenvalue weighted by Gasteiger charge is 2.21. The number of rotatable bonds is 4. The zero-order chi connectivity index (χ0) is 16.9. The number of halogens is 1. The van der Waals surface area contributed by atoms with Gasteiger partial charge in [-0.3, -0.25) is 4.99 Å². The predicted molar refractivity (Wildman–Crippen MR) is 114 cm³/mol. The molecule has 0 aliphatic carbocycles. The number of aromatic nitrogens is 1. The Morgan fingerprint density at radius 2 is 2.16 bits per heavy atom. The molecule has 2 heterocycles. The smallest absolute Gasteiger partial charge is 0.191 e. The molecule has 1 aliphatic heterocycles. The van der Waals surface area contributed by atoms with E-state index in [1.54, 1.807) is 11.3 Å². The standard InChI is InChI=1S/C18H24N4OS.HI/c1-12-17(24-13(2)21-12)8-10-20-18(19-3)22-15-9-11-23-16-7-5-4-6-14(15)16;/h4-7,15H,8-11H2,1-3H3,(H2,19,20,22);1H. The van der Waals surface area contributed by atoms with Gasteiger partial charge in [0.1, 0.15) is 5.75 Å². The Balaban J connectivity index is 0.00000225. The summed E-state index contributed by atoms with van der Waals surface area (Å²) >= 11 is 1.77. The molecule has 136 valence electrons. The molecule has 1 aromatic heterocycles. The summed E-state index contributed by atoms with van der Waals surface area (Å²) in [5.74, 6) is 1.79. The highest BCUT2D eigenvalue weighted by molar-refractivity contribution is 14.0. The van der Waals surface area contributed by atoms with Crippen molar-refractivity contribution in [3.05, 3.63) is 45.4 Å². The molecular weight excluding hydrogens is 447 g/mol. The van der Waals surface area contributed by atoms with Crippen LogP contribution in [0.3, 0.4) is 0 Å². The number of hydrogen-bond donors (Lipinski definition) is 2. The third-order valence-electron chi connectivity index (χ3n) is 4.14. The van der Waals surface area contributed by atoms with Crippen LogP contribution in [0, 0.1) is 13.8 Å². The SMILES string of the molecule is CN=C(NCCc1sc(C)nc1C)NC1CCOc2ccccc21.I. The highest BCUT2D eigenvalue weighted by Crippen LogP contribution is 2.31. The maximum atomic E-state index is 5.72. The number of nitrogens with zero attached hydrogens (tertiary/aromatic N) is 2. The van der Waals surface area contributed by atoms with E-state index in [1.165, 1.54) is 10.4 Å². The quantitative estimate of drug-likeness (QED) is 0.406. The number of thiazole rings is 1. The van der Waals surface area contributed by atoms with E-state index in [-0.39, 0.29) is 30.0 Å². The van der Waals surface area contributed by atoms with Crippen LogP contribution in [0.1, 0.15) is 33.6 Å². The van der Waals surface area contributed by atoms with Crippen molar-refractivity contribution in [3.8, 4) is 5.75 Å². The van der Waals surface area contributed by atoms with Gasteiger partial charge in [0.25, 0.3) is 0 Å². The summed E-state index contributed by atoms with van der Waals surface area (Å²) in [5, 5.41) is 8.05. The van der Waals surface area contributed by atoms with E-state index in [4.69, 9.17) is 4.74 Å². The van der Waals surface area contributed by atoms with Gasteiger partial charge in [-0.05, 0) is 19.9 Å². The number of aryl methyl sites for hydroxylation is 2. The van der Waals surface area contributed by atoms with E-state index < -0.39 is 0 Å². The molecule has 2 N–H and O–H groups in total. The third-order valence-corrected chi connectivity index (χ3v) is 5.27. The van der Waals surface area contributed by atoms with Crippen LogP contribution in [0.25, 0.3) is 0 Å². The third kappa shape index (κ3) is 5.07. The van der Waals surface area contributed by atoms with Gasteiger partial charge in [-0.1, -0.05) is 18.2 Å². The maximum absolute atomic E-state index is 5.72. The monoisotopic (exact) mass is 472 g/mol. The van der Waals surface area contributed by atoms with Crippen LogP contribution in [0.15, 0.2) is 29.3 Å². The van der Waals surface area contributed by atoms with E-state index in [1.807, 2.05) is 25.2 Å². The largest absolute Gasteiger partial charge is 0.493 e. The lowest BCUT2D eigenvalue weighted by Crippen LogP contribution is -2.41. The Kier molecular flexibility index (Phi) is 7.49. The molecule has 0 fully saturated rings. The fourth-order valence-corrected chi connectivity index (χ4v) is 3.89. The molecule has 1 unspecified atom stereocenters. The van der Waals surface area contributed by atoms with E-state index in [2.05, 4.69) is 40.5 Å². The molecule has 0 amide bonds. The summed E-state index contributed by atoms with van der Waals surface area (Å²) in [6.45, 7) is 5.70. The van der Waals surface area contributed by atoms with Gasteiger partial charge in [-0.2, -0.15) is 0 Å². The zero-order valence-corrected chi connectivity index (χ0v) is 18.0. The molecule has 0 radical (unpaired) electrons. The maximum Gasteiger partial charge on any atom is 0.191 e. The first-order valence-electron chi connectivity index (χ1n) is 8.29. The molecule has 2 aromatic rings. The summed E-state index contributed by atoms with van der Waals surface area (Å²) in [6.07, 6.45) is 1.90. The lowest BCUT2D eigenvalue weighted by Gasteiger charge is -2.28. The second kappa shape index (κ2) is 9.38. The van der Waals surface area contributed by atoms with Gasteiger partial charge in [-0.15, -0.1) is 35.3 Å². The number of aliphatic imine (C=N–C) groups is 1. The van der Waals surface area contributed by atoms with Crippen LogP contribution >= 0.6 is 35.3 Å². The summed E-state index contributed by atoms with van der Waals surface area (Å²) in [4.78, 5) is 10.2. The number of nitrogens with one attached hydrogen (secondary N) is 2. The molecular formula is C18H25IN4OS. The van der Waals surface area contributed by atoms with Crippen molar-refractivity contribution >= 4 is 41.3 Å². The van der Waals surface area contributed by atoms with E-state index in [0.29, 0.717) is 0 Å². The molecule has 0 bridgehead atoms. The Hall–Kier alpha value is -1.35. The van der Waals surface area contributed by atoms with Crippen LogP contribution in [0.5, 0.6) is 5.75 Å². The predicted octanol–water partition coefficient (Wildman–Crippen LogP) is 3.61. The van der Waals surface area contributed by atoms with Crippen LogP contribution in [-0.4, -0.2) is 31.1 Å². The Morgan fingerprint density at radius 3 is 2.88 bits per heavy atom. The number of benzene rings is 1. The minimum Gasteiger partial charge on any atom is -0.493 e. The van der Waals surface area contributed by atoms with Crippen LogP contribution in [0.4, 0.5) is 0 Å². The topological polar surface area (TPSA) is 58.5 Å². The minimum absolute atomic E-state index is 0. The zero-order valence-electron chi connectivity index (χ0n) is 14.8. The molecule has 7 heteroatoms. The highest BCUT2D eigenvalue weighted by atomic mass is 127. The van der Waals surface area contributed by atoms with Gasteiger partial charge >= 0.3 is 0 Å². The normalized spacial score (nSPS) is 16.4. The second-order valence-corrected chi connectivity index (χ2v) is 7.15. The van der Waals surface area contributed by atoms with Crippen molar-refractivity contribution in [2.45, 2.75) is 32.7 Å². The Morgan fingerprint density at radius 1 is 1.36 bits per heavy atom. The summed E-state index contributed by atoms with van der Waals surface area (Å²) in [6, 6.07) is 8.42. The Bertz CT molecular complexity index is 732. The summed E-state index contributed by atoms with van der Waals surface area (Å²) in [7, 11) is 1.81. The van der Waals surface area contributed by atoms with Gasteiger partial charge < -0.3 is 15.4 Å². The van der Waals surface area contributed by atoms with Gasteiger partial charge in [0, 0.05) is 36.9 Å². The molecule has 1 atom stereocenters. The van der Waals surface area contributed by atoms with Gasteiger partial charge in [0.05, 0.1) is 23.4 Å². The fraction of sp³-hybridized carbons (Fsp3) is 0.444. The summed E-state index contributed by atoms with van der Waals surface area (Å²) < 4.78 is 5.72. The van der Waals surface area contributed by atoms with Crippen LogP contribution in [-0.2, 0) is 6.42 Å². The molecule has 1 aromatic carbocycles. The molecule has 5 nitrogen and oxygen atoms in total. The van der Waals surface area contributed by atoms with Gasteiger partial charge in [-0.25, -0.2) is 4.98 Å². The lowest BCUT2D eigenvalue weighted by atomic mass is 10.0. The number of guanidine groups is 1. The lowest BCUT2D eigenvalue weighted by molar-refractivity contribution is 0.261. The van der Waals surface area contributed by atoms with Crippen molar-refractivity contribution in [2.75, 3.05) is 20.2 Å². The summed E-state index contributed by atoms with van der Waals surface area (Å²) in [5.41, 5.74) is 2.33. The second-order valence-electron chi connectivity index (χ2n) is 5.86. The number of hydrogen-bond acceptors (Lipinski definition) is 4. The van der Waals surface area contributed by atoms with Gasteiger partial charge in [0.2, 0.25) is 0 Å². The fourth-order valence-electron chi connectivity index (χ4n) is 2.95. The first-order valence-corrected chi connectivity index (χ1v) is 9.11. The van der Waals surface area contributed by atoms with Crippen molar-refractivity contribution in [3.63, 3.8) is 0 Å². The van der Waals surface area contributed by atoms with Crippen LogP contribution in [0.2, 0.25) is 0 Å². The van der Waals surface area contributed by atoms with Crippen molar-refractivity contribution < 1.29 is 4.74 Å². The van der Waals surface area contributed by atoms with Gasteiger partial charge in [0.15, 0.2) is 5.96 Å². The molecule has 0 spiro atoms. The first-order chi connectivity index (χ1) is 11.7. The van der Waals surface area contributed by atoms with E-state index >= 15 is 0 Å². The number of fused-ring (bicyclic) bond motifs is 1. The first kappa shape index (κ1) is 20.0.